The molecule has 0 spiro atoms. The van der Waals surface area contributed by atoms with E-state index in [4.69, 9.17) is 0 Å². The first-order valence-electron chi connectivity index (χ1n) is 5.29. The number of rotatable bonds is 2. The summed E-state index contributed by atoms with van der Waals surface area (Å²) in [6.45, 7) is 0. The van der Waals surface area contributed by atoms with Crippen LogP contribution in [0.2, 0.25) is 0 Å². The Bertz CT molecular complexity index is 567. The van der Waals surface area contributed by atoms with Crippen molar-refractivity contribution in [2.45, 2.75) is 0 Å². The molecule has 0 unspecified atom stereocenters. The summed E-state index contributed by atoms with van der Waals surface area (Å²) < 4.78 is 0. The predicted octanol–water partition coefficient (Wildman–Crippen LogP) is 1.77. The maximum atomic E-state index is 12.1. The number of carbonyl (C=O) groups excluding carboxylic acids is 1. The van der Waals surface area contributed by atoms with Crippen LogP contribution in [-0.2, 0) is 0 Å². The van der Waals surface area contributed by atoms with Gasteiger partial charge >= 0.3 is 0 Å². The molecule has 1 amide bonds. The molecule has 2 rings (SSSR count). The SMILES string of the molecule is CN(C(=O)c1cncc(O)c1)c1ccc(O)cc1. The van der Waals surface area contributed by atoms with Gasteiger partial charge in [-0.05, 0) is 30.3 Å². The van der Waals surface area contributed by atoms with Crippen molar-refractivity contribution in [3.05, 3.63) is 48.3 Å². The first-order chi connectivity index (χ1) is 8.58. The summed E-state index contributed by atoms with van der Waals surface area (Å²) in [6, 6.07) is 7.61. The molecule has 0 fully saturated rings. The van der Waals surface area contributed by atoms with Crippen molar-refractivity contribution in [1.29, 1.82) is 0 Å². The lowest BCUT2D eigenvalue weighted by Crippen LogP contribution is -2.26. The number of phenols is 1. The van der Waals surface area contributed by atoms with E-state index in [1.807, 2.05) is 0 Å². The van der Waals surface area contributed by atoms with Crippen LogP contribution in [0.15, 0.2) is 42.7 Å². The third-order valence-electron chi connectivity index (χ3n) is 2.51. The molecule has 5 nitrogen and oxygen atoms in total. The smallest absolute Gasteiger partial charge is 0.259 e. The summed E-state index contributed by atoms with van der Waals surface area (Å²) in [5.41, 5.74) is 0.937. The summed E-state index contributed by atoms with van der Waals surface area (Å²) in [5.74, 6) is -0.206. The Morgan fingerprint density at radius 2 is 1.78 bits per heavy atom. The van der Waals surface area contributed by atoms with E-state index >= 15 is 0 Å². The third-order valence-corrected chi connectivity index (χ3v) is 2.51. The number of carbonyl (C=O) groups is 1. The second-order valence-electron chi connectivity index (χ2n) is 3.81. The van der Waals surface area contributed by atoms with E-state index in [9.17, 15) is 15.0 Å². The Hall–Kier alpha value is -2.56. The van der Waals surface area contributed by atoms with Crippen molar-refractivity contribution in [1.82, 2.24) is 4.98 Å². The molecule has 1 aromatic carbocycles. The molecule has 0 radical (unpaired) electrons. The number of phenolic OH excluding ortho intramolecular Hbond substituents is 1. The molecule has 92 valence electrons. The molecule has 0 saturated heterocycles. The van der Waals surface area contributed by atoms with E-state index in [1.165, 1.54) is 35.5 Å². The number of anilines is 1. The van der Waals surface area contributed by atoms with E-state index in [1.54, 1.807) is 19.2 Å². The van der Waals surface area contributed by atoms with Gasteiger partial charge in [0.1, 0.15) is 11.5 Å². The van der Waals surface area contributed by atoms with Crippen LogP contribution in [0.5, 0.6) is 11.5 Å². The van der Waals surface area contributed by atoms with Gasteiger partial charge in [0.25, 0.3) is 5.91 Å². The van der Waals surface area contributed by atoms with Gasteiger partial charge in [-0.2, -0.15) is 0 Å². The number of pyridine rings is 1. The highest BCUT2D eigenvalue weighted by molar-refractivity contribution is 6.05. The average molecular weight is 244 g/mol. The van der Waals surface area contributed by atoms with Crippen LogP contribution in [0.4, 0.5) is 5.69 Å². The standard InChI is InChI=1S/C13H12N2O3/c1-15(10-2-4-11(16)5-3-10)13(18)9-6-12(17)8-14-7-9/h2-8,16-17H,1H3. The molecule has 0 atom stereocenters. The highest BCUT2D eigenvalue weighted by atomic mass is 16.3. The highest BCUT2D eigenvalue weighted by Crippen LogP contribution is 2.19. The lowest BCUT2D eigenvalue weighted by molar-refractivity contribution is 0.0992. The van der Waals surface area contributed by atoms with E-state index in [-0.39, 0.29) is 17.4 Å². The van der Waals surface area contributed by atoms with Gasteiger partial charge in [-0.15, -0.1) is 0 Å². The van der Waals surface area contributed by atoms with Crippen molar-refractivity contribution in [2.75, 3.05) is 11.9 Å². The van der Waals surface area contributed by atoms with Gasteiger partial charge in [0.15, 0.2) is 0 Å². The first-order valence-corrected chi connectivity index (χ1v) is 5.29. The van der Waals surface area contributed by atoms with Gasteiger partial charge in [-0.25, -0.2) is 0 Å². The van der Waals surface area contributed by atoms with E-state index in [2.05, 4.69) is 4.98 Å². The zero-order valence-electron chi connectivity index (χ0n) is 9.74. The van der Waals surface area contributed by atoms with Crippen LogP contribution < -0.4 is 4.90 Å². The molecule has 1 heterocycles. The Labute approximate surface area is 104 Å². The lowest BCUT2D eigenvalue weighted by atomic mass is 10.2. The van der Waals surface area contributed by atoms with Crippen LogP contribution in [0.3, 0.4) is 0 Å². The van der Waals surface area contributed by atoms with E-state index in [0.717, 1.165) is 0 Å². The Kier molecular flexibility index (Phi) is 3.14. The Morgan fingerprint density at radius 3 is 2.39 bits per heavy atom. The number of amides is 1. The third kappa shape index (κ3) is 2.40. The molecular weight excluding hydrogens is 232 g/mol. The molecular formula is C13H12N2O3. The van der Waals surface area contributed by atoms with E-state index in [0.29, 0.717) is 11.3 Å². The molecule has 18 heavy (non-hydrogen) atoms. The zero-order valence-corrected chi connectivity index (χ0v) is 9.74. The van der Waals surface area contributed by atoms with Crippen molar-refractivity contribution in [3.8, 4) is 11.5 Å². The van der Waals surface area contributed by atoms with Crippen LogP contribution in [0.25, 0.3) is 0 Å². The monoisotopic (exact) mass is 244 g/mol. The van der Waals surface area contributed by atoms with Crippen molar-refractivity contribution in [3.63, 3.8) is 0 Å². The summed E-state index contributed by atoms with van der Waals surface area (Å²) in [5, 5.41) is 18.5. The molecule has 1 aromatic heterocycles. The summed E-state index contributed by atoms with van der Waals surface area (Å²) in [7, 11) is 1.61. The number of nitrogens with zero attached hydrogens (tertiary/aromatic N) is 2. The second kappa shape index (κ2) is 4.75. The van der Waals surface area contributed by atoms with Crippen molar-refractivity contribution >= 4 is 11.6 Å². The molecule has 0 bridgehead atoms. The van der Waals surface area contributed by atoms with Gasteiger partial charge in [0.2, 0.25) is 0 Å². The fourth-order valence-corrected chi connectivity index (χ4v) is 1.53. The Balaban J connectivity index is 2.26. The van der Waals surface area contributed by atoms with Crippen LogP contribution in [0, 0.1) is 0 Å². The second-order valence-corrected chi connectivity index (χ2v) is 3.81. The average Bonchev–Trinajstić information content (AvgIpc) is 2.38. The normalized spacial score (nSPS) is 10.1. The first kappa shape index (κ1) is 11.9. The number of aromatic hydroxyl groups is 2. The minimum atomic E-state index is -0.288. The lowest BCUT2D eigenvalue weighted by Gasteiger charge is -2.17. The van der Waals surface area contributed by atoms with Gasteiger partial charge in [-0.3, -0.25) is 9.78 Å². The largest absolute Gasteiger partial charge is 0.508 e. The molecule has 0 aliphatic carbocycles. The molecule has 2 aromatic rings. The molecule has 5 heteroatoms. The van der Waals surface area contributed by atoms with Gasteiger partial charge < -0.3 is 15.1 Å². The van der Waals surface area contributed by atoms with Crippen LogP contribution in [0.1, 0.15) is 10.4 Å². The summed E-state index contributed by atoms with van der Waals surface area (Å²) in [6.07, 6.45) is 2.65. The van der Waals surface area contributed by atoms with Gasteiger partial charge in [0.05, 0.1) is 11.8 Å². The summed E-state index contributed by atoms with van der Waals surface area (Å²) >= 11 is 0. The molecule has 2 N–H and O–H groups in total. The van der Waals surface area contributed by atoms with Gasteiger partial charge in [-0.1, -0.05) is 0 Å². The van der Waals surface area contributed by atoms with Crippen LogP contribution >= 0.6 is 0 Å². The number of hydrogen-bond donors (Lipinski definition) is 2. The van der Waals surface area contributed by atoms with Crippen molar-refractivity contribution < 1.29 is 15.0 Å². The number of aromatic nitrogens is 1. The zero-order chi connectivity index (χ0) is 13.1. The highest BCUT2D eigenvalue weighted by Gasteiger charge is 2.14. The molecule has 0 aliphatic rings. The van der Waals surface area contributed by atoms with Crippen LogP contribution in [-0.4, -0.2) is 28.2 Å². The topological polar surface area (TPSA) is 73.7 Å². The molecule has 0 saturated carbocycles. The van der Waals surface area contributed by atoms with E-state index < -0.39 is 0 Å². The quantitative estimate of drug-likeness (QED) is 0.844. The van der Waals surface area contributed by atoms with Crippen molar-refractivity contribution in [2.24, 2.45) is 0 Å². The summed E-state index contributed by atoms with van der Waals surface area (Å²) in [4.78, 5) is 17.3. The number of hydrogen-bond acceptors (Lipinski definition) is 4. The number of benzene rings is 1. The minimum absolute atomic E-state index is 0.0556. The van der Waals surface area contributed by atoms with Gasteiger partial charge in [0, 0.05) is 18.9 Å². The maximum absolute atomic E-state index is 12.1. The maximum Gasteiger partial charge on any atom is 0.259 e. The molecule has 0 aliphatic heterocycles. The Morgan fingerprint density at radius 1 is 1.11 bits per heavy atom. The fraction of sp³-hybridized carbons (Fsp3) is 0.0769. The minimum Gasteiger partial charge on any atom is -0.508 e. The predicted molar refractivity (Wildman–Crippen MR) is 66.7 cm³/mol. The fourth-order valence-electron chi connectivity index (χ4n) is 1.53.